The second kappa shape index (κ2) is 7.51. The molecule has 7 heteroatoms. The first kappa shape index (κ1) is 17.2. The van der Waals surface area contributed by atoms with Gasteiger partial charge in [0.2, 0.25) is 5.91 Å². The van der Waals surface area contributed by atoms with E-state index in [1.807, 2.05) is 0 Å². The Bertz CT molecular complexity index is 969. The summed E-state index contributed by atoms with van der Waals surface area (Å²) in [7, 11) is 0. The number of rotatable bonds is 4. The van der Waals surface area contributed by atoms with Crippen molar-refractivity contribution in [2.45, 2.75) is 6.54 Å². The molecule has 0 saturated carbocycles. The van der Waals surface area contributed by atoms with Crippen LogP contribution in [0.1, 0.15) is 0 Å². The van der Waals surface area contributed by atoms with Crippen LogP contribution in [0.5, 0.6) is 0 Å². The number of amides is 1. The maximum Gasteiger partial charge on any atom is 0.267 e. The molecule has 25 heavy (non-hydrogen) atoms. The van der Waals surface area contributed by atoms with Gasteiger partial charge in [0.05, 0.1) is 16.4 Å². The topological polar surface area (TPSA) is 64.0 Å². The third kappa shape index (κ3) is 4.26. The fourth-order valence-electron chi connectivity index (χ4n) is 2.23. The predicted octanol–water partition coefficient (Wildman–Crippen LogP) is 3.86. The standard InChI is InChI=1S/C18H13Cl2N3O2/c19-13-7-5-12(6-8-13)15-9-10-18(25)23(22-15)11-17(24)21-16-4-2-1-3-14(16)20/h1-10H,11H2,(H,21,24). The quantitative estimate of drug-likeness (QED) is 0.755. The van der Waals surface area contributed by atoms with Crippen LogP contribution in [0.15, 0.2) is 65.5 Å². The summed E-state index contributed by atoms with van der Waals surface area (Å²) in [6.45, 7) is -0.217. The van der Waals surface area contributed by atoms with Crippen molar-refractivity contribution in [3.8, 4) is 11.3 Å². The molecule has 0 radical (unpaired) electrons. The number of nitrogens with one attached hydrogen (secondary N) is 1. The van der Waals surface area contributed by atoms with Gasteiger partial charge < -0.3 is 5.32 Å². The van der Waals surface area contributed by atoms with Crippen molar-refractivity contribution >= 4 is 34.8 Å². The molecular formula is C18H13Cl2N3O2. The molecule has 0 spiro atoms. The Hall–Kier alpha value is -2.63. The van der Waals surface area contributed by atoms with E-state index in [0.29, 0.717) is 21.4 Å². The highest BCUT2D eigenvalue weighted by Crippen LogP contribution is 2.20. The summed E-state index contributed by atoms with van der Waals surface area (Å²) in [6.07, 6.45) is 0. The molecule has 0 atom stereocenters. The van der Waals surface area contributed by atoms with Crippen molar-refractivity contribution in [2.24, 2.45) is 0 Å². The monoisotopic (exact) mass is 373 g/mol. The second-order valence-corrected chi connectivity index (χ2v) is 6.09. The van der Waals surface area contributed by atoms with Gasteiger partial charge in [0.1, 0.15) is 6.54 Å². The number of hydrogen-bond donors (Lipinski definition) is 1. The van der Waals surface area contributed by atoms with Gasteiger partial charge in [-0.1, -0.05) is 47.5 Å². The Labute approximate surface area is 153 Å². The summed E-state index contributed by atoms with van der Waals surface area (Å²) < 4.78 is 1.11. The number of carbonyl (C=O) groups is 1. The average molecular weight is 374 g/mol. The number of carbonyl (C=O) groups excluding carboxylic acids is 1. The summed E-state index contributed by atoms with van der Waals surface area (Å²) in [5.41, 5.74) is 1.48. The van der Waals surface area contributed by atoms with E-state index in [1.54, 1.807) is 54.6 Å². The Kier molecular flexibility index (Phi) is 5.16. The van der Waals surface area contributed by atoms with Gasteiger partial charge in [0.15, 0.2) is 0 Å². The number of halogens is 2. The van der Waals surface area contributed by atoms with Crippen molar-refractivity contribution in [2.75, 3.05) is 5.32 Å². The molecule has 3 rings (SSSR count). The van der Waals surface area contributed by atoms with Crippen molar-refractivity contribution < 1.29 is 4.79 Å². The van der Waals surface area contributed by atoms with Crippen molar-refractivity contribution in [3.05, 3.63) is 81.1 Å². The molecule has 1 aromatic heterocycles. The molecule has 0 unspecified atom stereocenters. The number of para-hydroxylation sites is 1. The van der Waals surface area contributed by atoms with Crippen LogP contribution in [0.2, 0.25) is 10.0 Å². The van der Waals surface area contributed by atoms with Crippen molar-refractivity contribution in [1.82, 2.24) is 9.78 Å². The second-order valence-electron chi connectivity index (χ2n) is 5.25. The molecule has 0 bridgehead atoms. The SMILES string of the molecule is O=C(Cn1nc(-c2ccc(Cl)cc2)ccc1=O)Nc1ccccc1Cl. The highest BCUT2D eigenvalue weighted by molar-refractivity contribution is 6.33. The van der Waals surface area contributed by atoms with E-state index < -0.39 is 5.91 Å². The molecule has 1 heterocycles. The lowest BCUT2D eigenvalue weighted by Crippen LogP contribution is -2.29. The zero-order valence-electron chi connectivity index (χ0n) is 12.9. The maximum atomic E-state index is 12.2. The van der Waals surface area contributed by atoms with Gasteiger partial charge in [0.25, 0.3) is 5.56 Å². The van der Waals surface area contributed by atoms with E-state index >= 15 is 0 Å². The van der Waals surface area contributed by atoms with Crippen LogP contribution in [-0.2, 0) is 11.3 Å². The van der Waals surface area contributed by atoms with Gasteiger partial charge in [-0.15, -0.1) is 0 Å². The Morgan fingerprint density at radius 1 is 1.00 bits per heavy atom. The van der Waals surface area contributed by atoms with Crippen LogP contribution in [0.4, 0.5) is 5.69 Å². The molecule has 3 aromatic rings. The fourth-order valence-corrected chi connectivity index (χ4v) is 2.53. The molecule has 0 aliphatic rings. The van der Waals surface area contributed by atoms with Crippen LogP contribution in [-0.4, -0.2) is 15.7 Å². The lowest BCUT2D eigenvalue weighted by Gasteiger charge is -2.09. The summed E-state index contributed by atoms with van der Waals surface area (Å²) in [6, 6.07) is 16.9. The number of anilines is 1. The Morgan fingerprint density at radius 3 is 2.44 bits per heavy atom. The van der Waals surface area contributed by atoms with E-state index in [9.17, 15) is 9.59 Å². The fraction of sp³-hybridized carbons (Fsp3) is 0.0556. The normalized spacial score (nSPS) is 10.5. The molecule has 0 aliphatic carbocycles. The molecule has 126 valence electrons. The van der Waals surface area contributed by atoms with E-state index in [4.69, 9.17) is 23.2 Å². The van der Waals surface area contributed by atoms with Gasteiger partial charge in [0, 0.05) is 16.7 Å². The van der Waals surface area contributed by atoms with E-state index in [1.165, 1.54) is 6.07 Å². The zero-order valence-corrected chi connectivity index (χ0v) is 14.5. The van der Waals surface area contributed by atoms with Crippen LogP contribution in [0.25, 0.3) is 11.3 Å². The number of nitrogens with zero attached hydrogens (tertiary/aromatic N) is 2. The maximum absolute atomic E-state index is 12.2. The number of hydrogen-bond acceptors (Lipinski definition) is 3. The first-order valence-electron chi connectivity index (χ1n) is 7.41. The first-order chi connectivity index (χ1) is 12.0. The summed E-state index contributed by atoms with van der Waals surface area (Å²) in [5, 5.41) is 7.94. The van der Waals surface area contributed by atoms with Crippen molar-refractivity contribution in [3.63, 3.8) is 0 Å². The molecule has 0 saturated heterocycles. The summed E-state index contributed by atoms with van der Waals surface area (Å²) >= 11 is 11.9. The molecule has 0 fully saturated rings. The lowest BCUT2D eigenvalue weighted by atomic mass is 10.1. The average Bonchev–Trinajstić information content (AvgIpc) is 2.60. The van der Waals surface area contributed by atoms with Gasteiger partial charge in [-0.25, -0.2) is 4.68 Å². The Morgan fingerprint density at radius 2 is 1.72 bits per heavy atom. The van der Waals surface area contributed by atoms with Gasteiger partial charge in [-0.05, 0) is 30.3 Å². The van der Waals surface area contributed by atoms with Crippen LogP contribution >= 0.6 is 23.2 Å². The Balaban J connectivity index is 1.81. The minimum Gasteiger partial charge on any atom is -0.323 e. The van der Waals surface area contributed by atoms with Crippen LogP contribution < -0.4 is 10.9 Å². The smallest absolute Gasteiger partial charge is 0.267 e. The molecule has 2 aromatic carbocycles. The van der Waals surface area contributed by atoms with Crippen LogP contribution in [0.3, 0.4) is 0 Å². The van der Waals surface area contributed by atoms with Crippen LogP contribution in [0, 0.1) is 0 Å². The van der Waals surface area contributed by atoms with Gasteiger partial charge >= 0.3 is 0 Å². The van der Waals surface area contributed by atoms with Gasteiger partial charge in [-0.3, -0.25) is 9.59 Å². The number of aromatic nitrogens is 2. The third-order valence-electron chi connectivity index (χ3n) is 3.45. The number of benzene rings is 2. The lowest BCUT2D eigenvalue weighted by molar-refractivity contribution is -0.117. The molecule has 1 N–H and O–H groups in total. The van der Waals surface area contributed by atoms with Crippen molar-refractivity contribution in [1.29, 1.82) is 0 Å². The van der Waals surface area contributed by atoms with Gasteiger partial charge in [-0.2, -0.15) is 5.10 Å². The highest BCUT2D eigenvalue weighted by atomic mass is 35.5. The molecule has 0 aliphatic heterocycles. The first-order valence-corrected chi connectivity index (χ1v) is 8.17. The molecule has 1 amide bonds. The van der Waals surface area contributed by atoms with E-state index in [-0.39, 0.29) is 12.1 Å². The highest BCUT2D eigenvalue weighted by Gasteiger charge is 2.10. The molecule has 5 nitrogen and oxygen atoms in total. The third-order valence-corrected chi connectivity index (χ3v) is 4.03. The largest absolute Gasteiger partial charge is 0.323 e. The minimum atomic E-state index is -0.393. The minimum absolute atomic E-state index is 0.217. The zero-order chi connectivity index (χ0) is 17.8. The summed E-state index contributed by atoms with van der Waals surface area (Å²) in [4.78, 5) is 24.2. The predicted molar refractivity (Wildman–Crippen MR) is 99.0 cm³/mol. The summed E-state index contributed by atoms with van der Waals surface area (Å²) in [5.74, 6) is -0.393. The molecular weight excluding hydrogens is 361 g/mol. The van der Waals surface area contributed by atoms with E-state index in [0.717, 1.165) is 10.2 Å². The van der Waals surface area contributed by atoms with E-state index in [2.05, 4.69) is 10.4 Å².